The van der Waals surface area contributed by atoms with E-state index in [0.29, 0.717) is 0 Å². The standard InChI is InChI=1S/C17H20BrN/c1-4-14-7-5-6-13(3)17(14)19-11-15-9-8-12(2)10-16(15)18/h5-10,19H,4,11H2,1-3H3. The number of rotatable bonds is 4. The quantitative estimate of drug-likeness (QED) is 0.813. The van der Waals surface area contributed by atoms with E-state index in [1.165, 1.54) is 32.4 Å². The Morgan fingerprint density at radius 3 is 2.53 bits per heavy atom. The smallest absolute Gasteiger partial charge is 0.0412 e. The van der Waals surface area contributed by atoms with Crippen molar-refractivity contribution in [2.75, 3.05) is 5.32 Å². The first-order chi connectivity index (χ1) is 9.11. The van der Waals surface area contributed by atoms with Crippen LogP contribution in [0, 0.1) is 13.8 Å². The second-order valence-corrected chi connectivity index (χ2v) is 5.77. The summed E-state index contributed by atoms with van der Waals surface area (Å²) in [5, 5.41) is 3.58. The van der Waals surface area contributed by atoms with Gasteiger partial charge >= 0.3 is 0 Å². The van der Waals surface area contributed by atoms with Crippen molar-refractivity contribution in [2.45, 2.75) is 33.7 Å². The van der Waals surface area contributed by atoms with Gasteiger partial charge in [-0.25, -0.2) is 0 Å². The van der Waals surface area contributed by atoms with E-state index in [9.17, 15) is 0 Å². The molecule has 0 aliphatic rings. The molecule has 0 bridgehead atoms. The zero-order valence-corrected chi connectivity index (χ0v) is 13.3. The average Bonchev–Trinajstić information content (AvgIpc) is 2.39. The van der Waals surface area contributed by atoms with Crippen LogP contribution in [-0.4, -0.2) is 0 Å². The topological polar surface area (TPSA) is 12.0 Å². The molecule has 0 saturated heterocycles. The summed E-state index contributed by atoms with van der Waals surface area (Å²) in [5.41, 5.74) is 6.53. The van der Waals surface area contributed by atoms with Gasteiger partial charge in [0.15, 0.2) is 0 Å². The van der Waals surface area contributed by atoms with Crippen LogP contribution in [0.25, 0.3) is 0 Å². The first-order valence-corrected chi connectivity index (χ1v) is 7.48. The maximum absolute atomic E-state index is 3.63. The number of para-hydroxylation sites is 1. The SMILES string of the molecule is CCc1cccc(C)c1NCc1ccc(C)cc1Br. The summed E-state index contributed by atoms with van der Waals surface area (Å²) in [6.07, 6.45) is 1.05. The number of hydrogen-bond donors (Lipinski definition) is 1. The fourth-order valence-electron chi connectivity index (χ4n) is 2.26. The molecule has 1 nitrogen and oxygen atoms in total. The molecule has 0 radical (unpaired) electrons. The number of anilines is 1. The van der Waals surface area contributed by atoms with Gasteiger partial charge in [0.1, 0.15) is 0 Å². The lowest BCUT2D eigenvalue weighted by Crippen LogP contribution is -2.04. The number of nitrogens with one attached hydrogen (secondary N) is 1. The van der Waals surface area contributed by atoms with Crippen LogP contribution in [0.5, 0.6) is 0 Å². The second kappa shape index (κ2) is 6.25. The van der Waals surface area contributed by atoms with Crippen LogP contribution in [0.15, 0.2) is 40.9 Å². The molecule has 0 aliphatic carbocycles. The highest BCUT2D eigenvalue weighted by Crippen LogP contribution is 2.24. The summed E-state index contributed by atoms with van der Waals surface area (Å²) in [4.78, 5) is 0. The number of benzene rings is 2. The molecule has 2 heteroatoms. The summed E-state index contributed by atoms with van der Waals surface area (Å²) < 4.78 is 1.17. The van der Waals surface area contributed by atoms with Crippen molar-refractivity contribution in [1.29, 1.82) is 0 Å². The number of halogens is 1. The van der Waals surface area contributed by atoms with E-state index >= 15 is 0 Å². The van der Waals surface area contributed by atoms with E-state index in [1.54, 1.807) is 0 Å². The maximum atomic E-state index is 3.63. The molecule has 2 aromatic carbocycles. The van der Waals surface area contributed by atoms with Crippen LogP contribution < -0.4 is 5.32 Å². The highest BCUT2D eigenvalue weighted by molar-refractivity contribution is 9.10. The van der Waals surface area contributed by atoms with Crippen LogP contribution in [0.1, 0.15) is 29.2 Å². The molecule has 0 atom stereocenters. The predicted molar refractivity (Wildman–Crippen MR) is 86.8 cm³/mol. The fraction of sp³-hybridized carbons (Fsp3) is 0.294. The molecule has 0 aromatic heterocycles. The fourth-order valence-corrected chi connectivity index (χ4v) is 2.89. The Kier molecular flexibility index (Phi) is 4.65. The van der Waals surface area contributed by atoms with Crippen molar-refractivity contribution in [3.8, 4) is 0 Å². The Morgan fingerprint density at radius 2 is 1.84 bits per heavy atom. The molecule has 0 aliphatic heterocycles. The third-order valence-corrected chi connectivity index (χ3v) is 4.14. The number of aryl methyl sites for hydroxylation is 3. The van der Waals surface area contributed by atoms with Crippen LogP contribution >= 0.6 is 15.9 Å². The molecule has 0 saturated carbocycles. The van der Waals surface area contributed by atoms with Crippen molar-refractivity contribution in [1.82, 2.24) is 0 Å². The Labute approximate surface area is 124 Å². The first-order valence-electron chi connectivity index (χ1n) is 6.69. The Morgan fingerprint density at radius 1 is 1.05 bits per heavy atom. The number of hydrogen-bond acceptors (Lipinski definition) is 1. The Hall–Kier alpha value is -1.28. The molecule has 0 unspecified atom stereocenters. The summed E-state index contributed by atoms with van der Waals surface area (Å²) in [6.45, 7) is 7.31. The molecule has 2 aromatic rings. The highest BCUT2D eigenvalue weighted by Gasteiger charge is 2.05. The monoisotopic (exact) mass is 317 g/mol. The van der Waals surface area contributed by atoms with Gasteiger partial charge in [-0.15, -0.1) is 0 Å². The third kappa shape index (κ3) is 3.38. The zero-order chi connectivity index (χ0) is 13.8. The Balaban J connectivity index is 2.19. The highest BCUT2D eigenvalue weighted by atomic mass is 79.9. The minimum Gasteiger partial charge on any atom is -0.380 e. The van der Waals surface area contributed by atoms with E-state index in [2.05, 4.69) is 78.4 Å². The molecular weight excluding hydrogens is 298 g/mol. The van der Waals surface area contributed by atoms with Gasteiger partial charge in [-0.3, -0.25) is 0 Å². The molecule has 0 amide bonds. The van der Waals surface area contributed by atoms with Gasteiger partial charge in [-0.05, 0) is 48.6 Å². The van der Waals surface area contributed by atoms with Crippen LogP contribution in [0.2, 0.25) is 0 Å². The van der Waals surface area contributed by atoms with Gasteiger partial charge in [0.25, 0.3) is 0 Å². The van der Waals surface area contributed by atoms with Crippen molar-refractivity contribution in [3.63, 3.8) is 0 Å². The molecule has 1 N–H and O–H groups in total. The molecule has 100 valence electrons. The Bertz CT molecular complexity index is 575. The summed E-state index contributed by atoms with van der Waals surface area (Å²) >= 11 is 3.63. The van der Waals surface area contributed by atoms with Crippen molar-refractivity contribution < 1.29 is 0 Å². The minimum atomic E-state index is 0.846. The first kappa shape index (κ1) is 14.1. The van der Waals surface area contributed by atoms with Gasteiger partial charge in [0.2, 0.25) is 0 Å². The molecule has 0 heterocycles. The zero-order valence-electron chi connectivity index (χ0n) is 11.8. The van der Waals surface area contributed by atoms with Crippen molar-refractivity contribution in [2.24, 2.45) is 0 Å². The van der Waals surface area contributed by atoms with E-state index in [1.807, 2.05) is 0 Å². The lowest BCUT2D eigenvalue weighted by atomic mass is 10.1. The van der Waals surface area contributed by atoms with Crippen molar-refractivity contribution >= 4 is 21.6 Å². The van der Waals surface area contributed by atoms with E-state index in [-0.39, 0.29) is 0 Å². The second-order valence-electron chi connectivity index (χ2n) is 4.91. The lowest BCUT2D eigenvalue weighted by Gasteiger charge is -2.15. The minimum absolute atomic E-state index is 0.846. The summed E-state index contributed by atoms with van der Waals surface area (Å²) in [6, 6.07) is 13.0. The van der Waals surface area contributed by atoms with Crippen molar-refractivity contribution in [3.05, 3.63) is 63.1 Å². The molecule has 2 rings (SSSR count). The van der Waals surface area contributed by atoms with E-state index < -0.39 is 0 Å². The predicted octanol–water partition coefficient (Wildman–Crippen LogP) is 5.24. The lowest BCUT2D eigenvalue weighted by molar-refractivity contribution is 1.07. The van der Waals surface area contributed by atoms with Crippen LogP contribution in [0.4, 0.5) is 5.69 Å². The molecule has 0 fully saturated rings. The van der Waals surface area contributed by atoms with E-state index in [4.69, 9.17) is 0 Å². The molecular formula is C17H20BrN. The van der Waals surface area contributed by atoms with Gasteiger partial charge in [-0.1, -0.05) is 53.2 Å². The molecule has 19 heavy (non-hydrogen) atoms. The maximum Gasteiger partial charge on any atom is 0.0412 e. The van der Waals surface area contributed by atoms with Crippen LogP contribution in [-0.2, 0) is 13.0 Å². The van der Waals surface area contributed by atoms with E-state index in [0.717, 1.165) is 13.0 Å². The van der Waals surface area contributed by atoms with Gasteiger partial charge in [0, 0.05) is 16.7 Å². The normalized spacial score (nSPS) is 10.5. The summed E-state index contributed by atoms with van der Waals surface area (Å²) in [5.74, 6) is 0. The van der Waals surface area contributed by atoms with Gasteiger partial charge < -0.3 is 5.32 Å². The largest absolute Gasteiger partial charge is 0.380 e. The van der Waals surface area contributed by atoms with Gasteiger partial charge in [-0.2, -0.15) is 0 Å². The summed E-state index contributed by atoms with van der Waals surface area (Å²) in [7, 11) is 0. The molecule has 0 spiro atoms. The average molecular weight is 318 g/mol. The third-order valence-electron chi connectivity index (χ3n) is 3.40. The van der Waals surface area contributed by atoms with Gasteiger partial charge in [0.05, 0.1) is 0 Å². The van der Waals surface area contributed by atoms with Crippen LogP contribution in [0.3, 0.4) is 0 Å².